The molecule has 0 bridgehead atoms. The van der Waals surface area contributed by atoms with Crippen LogP contribution in [0.5, 0.6) is 11.5 Å². The number of rotatable bonds is 3. The minimum Gasteiger partial charge on any atom is -0.486 e. The molecule has 2 aromatic carbocycles. The van der Waals surface area contributed by atoms with Crippen LogP contribution in [0.1, 0.15) is 49.4 Å². The summed E-state index contributed by atoms with van der Waals surface area (Å²) >= 11 is 0. The number of hydrogen-bond donors (Lipinski definition) is 2. The number of carbonyl (C=O) groups is 1. The van der Waals surface area contributed by atoms with E-state index in [0.717, 1.165) is 36.3 Å². The second kappa shape index (κ2) is 6.80. The van der Waals surface area contributed by atoms with E-state index in [1.54, 1.807) is 0 Å². The first kappa shape index (κ1) is 17.7. The molecule has 1 atom stereocenters. The number of carbonyl (C=O) groups excluding carboxylic acids is 1. The molecule has 0 saturated carbocycles. The molecule has 1 aliphatic carbocycles. The van der Waals surface area contributed by atoms with E-state index in [0.29, 0.717) is 19.0 Å². The van der Waals surface area contributed by atoms with Crippen LogP contribution in [0.4, 0.5) is 5.69 Å². The van der Waals surface area contributed by atoms with Crippen LogP contribution in [0, 0.1) is 0 Å². The Bertz CT molecular complexity index is 876. The van der Waals surface area contributed by atoms with Gasteiger partial charge in [0.25, 0.3) is 0 Å². The predicted molar refractivity (Wildman–Crippen MR) is 105 cm³/mol. The molecule has 0 aromatic heterocycles. The van der Waals surface area contributed by atoms with Crippen molar-refractivity contribution in [3.05, 3.63) is 53.1 Å². The summed E-state index contributed by atoms with van der Waals surface area (Å²) in [6.45, 7) is 4.98. The van der Waals surface area contributed by atoms with Gasteiger partial charge in [0.15, 0.2) is 11.5 Å². The number of nitrogens with two attached hydrogens (primary N) is 1. The Morgan fingerprint density at radius 1 is 1.11 bits per heavy atom. The van der Waals surface area contributed by atoms with Crippen molar-refractivity contribution < 1.29 is 14.3 Å². The van der Waals surface area contributed by atoms with Gasteiger partial charge in [-0.2, -0.15) is 0 Å². The number of ether oxygens (including phenoxy) is 2. The van der Waals surface area contributed by atoms with Crippen molar-refractivity contribution in [3.8, 4) is 11.5 Å². The van der Waals surface area contributed by atoms with Crippen LogP contribution in [0.3, 0.4) is 0 Å². The molecule has 0 radical (unpaired) electrons. The summed E-state index contributed by atoms with van der Waals surface area (Å²) in [5.74, 6) is 1.45. The smallest absolute Gasteiger partial charge is 0.230 e. The van der Waals surface area contributed by atoms with Gasteiger partial charge in [-0.05, 0) is 74.1 Å². The highest BCUT2D eigenvalue weighted by Crippen LogP contribution is 2.36. The SMILES string of the molecule is CC(C)(C(=O)NC1CCCc2cc(N)ccc21)c1ccc2c(c1)OCCO2. The van der Waals surface area contributed by atoms with E-state index >= 15 is 0 Å². The van der Waals surface area contributed by atoms with E-state index in [1.165, 1.54) is 11.1 Å². The maximum Gasteiger partial charge on any atom is 0.230 e. The van der Waals surface area contributed by atoms with Crippen LogP contribution in [0.15, 0.2) is 36.4 Å². The Morgan fingerprint density at radius 2 is 1.89 bits per heavy atom. The number of aryl methyl sites for hydroxylation is 1. The van der Waals surface area contributed by atoms with Crippen LogP contribution in [0.25, 0.3) is 0 Å². The van der Waals surface area contributed by atoms with E-state index in [1.807, 2.05) is 50.2 Å². The standard InChI is InChI=1S/C22H26N2O3/c1-22(2,15-6-9-19-20(13-15)27-11-10-26-19)21(25)24-18-5-3-4-14-12-16(23)7-8-17(14)18/h6-9,12-13,18H,3-5,10-11,23H2,1-2H3,(H,24,25). The van der Waals surface area contributed by atoms with Gasteiger partial charge in [-0.15, -0.1) is 0 Å². The topological polar surface area (TPSA) is 73.6 Å². The molecule has 0 fully saturated rings. The molecule has 5 heteroatoms. The average molecular weight is 366 g/mol. The highest BCUT2D eigenvalue weighted by Gasteiger charge is 2.33. The van der Waals surface area contributed by atoms with Gasteiger partial charge in [0.2, 0.25) is 5.91 Å². The highest BCUT2D eigenvalue weighted by atomic mass is 16.6. The Hall–Kier alpha value is -2.69. The number of nitrogens with one attached hydrogen (secondary N) is 1. The van der Waals surface area contributed by atoms with Crippen molar-refractivity contribution in [2.24, 2.45) is 0 Å². The van der Waals surface area contributed by atoms with E-state index in [-0.39, 0.29) is 11.9 Å². The van der Waals surface area contributed by atoms with E-state index in [9.17, 15) is 4.79 Å². The summed E-state index contributed by atoms with van der Waals surface area (Å²) < 4.78 is 11.3. The van der Waals surface area contributed by atoms with Gasteiger partial charge in [0.1, 0.15) is 13.2 Å². The lowest BCUT2D eigenvalue weighted by molar-refractivity contribution is -0.126. The molecule has 1 unspecified atom stereocenters. The molecule has 1 amide bonds. The van der Waals surface area contributed by atoms with Gasteiger partial charge < -0.3 is 20.5 Å². The van der Waals surface area contributed by atoms with Gasteiger partial charge >= 0.3 is 0 Å². The molecule has 142 valence electrons. The fourth-order valence-corrected chi connectivity index (χ4v) is 3.89. The Labute approximate surface area is 159 Å². The number of nitrogen functional groups attached to an aromatic ring is 1. The zero-order chi connectivity index (χ0) is 19.0. The number of anilines is 1. The van der Waals surface area contributed by atoms with E-state index in [2.05, 4.69) is 5.32 Å². The first-order chi connectivity index (χ1) is 12.9. The summed E-state index contributed by atoms with van der Waals surface area (Å²) in [6.07, 6.45) is 3.00. The monoisotopic (exact) mass is 366 g/mol. The highest BCUT2D eigenvalue weighted by molar-refractivity contribution is 5.88. The zero-order valence-electron chi connectivity index (χ0n) is 15.9. The molecule has 0 spiro atoms. The minimum absolute atomic E-state index is 0.00820. The summed E-state index contributed by atoms with van der Waals surface area (Å²) in [6, 6.07) is 11.8. The molecule has 2 aromatic rings. The molecule has 27 heavy (non-hydrogen) atoms. The van der Waals surface area contributed by atoms with Gasteiger partial charge in [-0.3, -0.25) is 4.79 Å². The molecule has 5 nitrogen and oxygen atoms in total. The summed E-state index contributed by atoms with van der Waals surface area (Å²) in [7, 11) is 0. The minimum atomic E-state index is -0.679. The molecule has 1 aliphatic heterocycles. The molecule has 1 heterocycles. The summed E-state index contributed by atoms with van der Waals surface area (Å²) in [5, 5.41) is 3.26. The number of hydrogen-bond acceptors (Lipinski definition) is 4. The van der Waals surface area contributed by atoms with Crippen LogP contribution in [0.2, 0.25) is 0 Å². The zero-order valence-corrected chi connectivity index (χ0v) is 15.9. The lowest BCUT2D eigenvalue weighted by Gasteiger charge is -2.32. The van der Waals surface area contributed by atoms with E-state index in [4.69, 9.17) is 15.2 Å². The van der Waals surface area contributed by atoms with Gasteiger partial charge in [-0.25, -0.2) is 0 Å². The molecular weight excluding hydrogens is 340 g/mol. The second-order valence-electron chi connectivity index (χ2n) is 7.86. The van der Waals surface area contributed by atoms with Gasteiger partial charge in [0.05, 0.1) is 11.5 Å². The van der Waals surface area contributed by atoms with Crippen molar-refractivity contribution in [1.82, 2.24) is 5.32 Å². The summed E-state index contributed by atoms with van der Waals surface area (Å²) in [5.41, 5.74) is 9.35. The maximum absolute atomic E-state index is 13.2. The molecule has 2 aliphatic rings. The average Bonchev–Trinajstić information content (AvgIpc) is 2.67. The molecule has 0 saturated heterocycles. The normalized spacial score (nSPS) is 18.5. The molecule has 3 N–H and O–H groups in total. The van der Waals surface area contributed by atoms with Crippen molar-refractivity contribution in [1.29, 1.82) is 0 Å². The summed E-state index contributed by atoms with van der Waals surface area (Å²) in [4.78, 5) is 13.2. The van der Waals surface area contributed by atoms with Crippen molar-refractivity contribution in [3.63, 3.8) is 0 Å². The molecular formula is C22H26N2O3. The Kier molecular flexibility index (Phi) is 4.46. The van der Waals surface area contributed by atoms with Crippen molar-refractivity contribution in [2.45, 2.75) is 44.6 Å². The number of fused-ring (bicyclic) bond motifs is 2. The fourth-order valence-electron chi connectivity index (χ4n) is 3.89. The van der Waals surface area contributed by atoms with Crippen molar-refractivity contribution in [2.75, 3.05) is 18.9 Å². The van der Waals surface area contributed by atoms with Crippen LogP contribution in [-0.4, -0.2) is 19.1 Å². The number of benzene rings is 2. The third-order valence-electron chi connectivity index (χ3n) is 5.62. The third-order valence-corrected chi connectivity index (χ3v) is 5.62. The van der Waals surface area contributed by atoms with Gasteiger partial charge in [-0.1, -0.05) is 12.1 Å². The fraction of sp³-hybridized carbons (Fsp3) is 0.409. The van der Waals surface area contributed by atoms with E-state index < -0.39 is 5.41 Å². The van der Waals surface area contributed by atoms with Crippen LogP contribution >= 0.6 is 0 Å². The lowest BCUT2D eigenvalue weighted by Crippen LogP contribution is -2.42. The predicted octanol–water partition coefficient (Wildman–Crippen LogP) is 3.51. The van der Waals surface area contributed by atoms with Crippen LogP contribution < -0.4 is 20.5 Å². The molecule has 4 rings (SSSR count). The first-order valence-corrected chi connectivity index (χ1v) is 9.54. The maximum atomic E-state index is 13.2. The second-order valence-corrected chi connectivity index (χ2v) is 7.86. The van der Waals surface area contributed by atoms with Gasteiger partial charge in [0, 0.05) is 5.69 Å². The third kappa shape index (κ3) is 3.34. The number of amides is 1. The Morgan fingerprint density at radius 3 is 2.70 bits per heavy atom. The van der Waals surface area contributed by atoms with Crippen molar-refractivity contribution >= 4 is 11.6 Å². The first-order valence-electron chi connectivity index (χ1n) is 9.54. The van der Waals surface area contributed by atoms with Crippen LogP contribution in [-0.2, 0) is 16.6 Å². The largest absolute Gasteiger partial charge is 0.486 e. The lowest BCUT2D eigenvalue weighted by atomic mass is 9.81. The quantitative estimate of drug-likeness (QED) is 0.815. The Balaban J connectivity index is 1.56.